The van der Waals surface area contributed by atoms with E-state index in [0.717, 1.165) is 22.7 Å². The van der Waals surface area contributed by atoms with E-state index in [0.29, 0.717) is 6.54 Å². The highest BCUT2D eigenvalue weighted by molar-refractivity contribution is 6.37. The molecule has 0 unspecified atom stereocenters. The van der Waals surface area contributed by atoms with E-state index in [1.54, 1.807) is 12.1 Å². The molecular weight excluding hydrogens is 393 g/mol. The summed E-state index contributed by atoms with van der Waals surface area (Å²) in [5.41, 5.74) is 3.16. The van der Waals surface area contributed by atoms with Gasteiger partial charge in [0.05, 0.1) is 10.0 Å². The zero-order valence-corrected chi connectivity index (χ0v) is 17.6. The minimum atomic E-state index is -0.109. The van der Waals surface area contributed by atoms with E-state index in [4.69, 9.17) is 27.9 Å². The third-order valence-electron chi connectivity index (χ3n) is 4.37. The van der Waals surface area contributed by atoms with Crippen LogP contribution >= 0.6 is 23.2 Å². The maximum atomic E-state index is 9.65. The highest BCUT2D eigenvalue weighted by atomic mass is 35.5. The highest BCUT2D eigenvalue weighted by Crippen LogP contribution is 2.35. The average molecular weight is 416 g/mol. The van der Waals surface area contributed by atoms with Gasteiger partial charge in [-0.15, -0.1) is 0 Å². The number of rotatable bonds is 5. The van der Waals surface area contributed by atoms with E-state index in [2.05, 4.69) is 38.2 Å². The molecule has 0 saturated carbocycles. The maximum Gasteiger partial charge on any atom is 0.152 e. The molecule has 0 saturated heterocycles. The first-order chi connectivity index (χ1) is 13.2. The Morgan fingerprint density at radius 2 is 1.54 bits per heavy atom. The van der Waals surface area contributed by atoms with Crippen LogP contribution in [0.15, 0.2) is 60.7 Å². The lowest BCUT2D eigenvalue weighted by Gasteiger charge is -2.19. The molecule has 146 valence electrons. The molecule has 0 aromatic heterocycles. The molecular formula is C23H23Cl2NO2. The first-order valence-corrected chi connectivity index (χ1v) is 9.77. The lowest BCUT2D eigenvalue weighted by Crippen LogP contribution is -2.10. The van der Waals surface area contributed by atoms with Crippen molar-refractivity contribution in [1.82, 2.24) is 0 Å². The molecule has 28 heavy (non-hydrogen) atoms. The van der Waals surface area contributed by atoms with E-state index in [1.165, 1.54) is 5.56 Å². The van der Waals surface area contributed by atoms with Crippen LogP contribution in [-0.4, -0.2) is 5.11 Å². The van der Waals surface area contributed by atoms with Gasteiger partial charge in [0.1, 0.15) is 11.5 Å². The van der Waals surface area contributed by atoms with Crippen LogP contribution in [0.5, 0.6) is 17.2 Å². The molecule has 0 heterocycles. The monoisotopic (exact) mass is 415 g/mol. The first-order valence-electron chi connectivity index (χ1n) is 9.01. The Balaban J connectivity index is 1.67. The SMILES string of the molecule is CC(C)(C)c1ccc(Oc2cccc(CNc3cc(Cl)c(O)c(Cl)c3)c2)cc1. The second kappa shape index (κ2) is 8.34. The third-order valence-corrected chi connectivity index (χ3v) is 4.94. The fourth-order valence-electron chi connectivity index (χ4n) is 2.75. The summed E-state index contributed by atoms with van der Waals surface area (Å²) in [5.74, 6) is 1.46. The number of hydrogen-bond donors (Lipinski definition) is 2. The van der Waals surface area contributed by atoms with Crippen LogP contribution in [-0.2, 0) is 12.0 Å². The maximum absolute atomic E-state index is 9.65. The van der Waals surface area contributed by atoms with E-state index < -0.39 is 0 Å². The van der Waals surface area contributed by atoms with Gasteiger partial charge in [0.25, 0.3) is 0 Å². The van der Waals surface area contributed by atoms with Gasteiger partial charge in [0.2, 0.25) is 0 Å². The molecule has 3 nitrogen and oxygen atoms in total. The zero-order chi connectivity index (χ0) is 20.3. The lowest BCUT2D eigenvalue weighted by molar-refractivity contribution is 0.476. The summed E-state index contributed by atoms with van der Waals surface area (Å²) in [6.07, 6.45) is 0. The van der Waals surface area contributed by atoms with E-state index in [1.807, 2.05) is 36.4 Å². The van der Waals surface area contributed by atoms with Crippen molar-refractivity contribution in [3.8, 4) is 17.2 Å². The van der Waals surface area contributed by atoms with E-state index in [-0.39, 0.29) is 21.2 Å². The van der Waals surface area contributed by atoms with Crippen LogP contribution in [0, 0.1) is 0 Å². The first kappa shape index (κ1) is 20.4. The number of ether oxygens (including phenoxy) is 1. The molecule has 0 fully saturated rings. The average Bonchev–Trinajstić information content (AvgIpc) is 2.64. The smallest absolute Gasteiger partial charge is 0.152 e. The van der Waals surface area contributed by atoms with Crippen molar-refractivity contribution < 1.29 is 9.84 Å². The minimum absolute atomic E-state index is 0.109. The van der Waals surface area contributed by atoms with Crippen LogP contribution in [0.2, 0.25) is 10.0 Å². The molecule has 3 rings (SSSR count). The zero-order valence-electron chi connectivity index (χ0n) is 16.1. The summed E-state index contributed by atoms with van der Waals surface area (Å²) in [6, 6.07) is 19.3. The number of benzene rings is 3. The van der Waals surface area contributed by atoms with Crippen molar-refractivity contribution in [2.75, 3.05) is 5.32 Å². The van der Waals surface area contributed by atoms with E-state index >= 15 is 0 Å². The van der Waals surface area contributed by atoms with Gasteiger partial charge in [-0.05, 0) is 52.9 Å². The Kier molecular flexibility index (Phi) is 6.07. The van der Waals surface area contributed by atoms with Gasteiger partial charge in [0, 0.05) is 12.2 Å². The topological polar surface area (TPSA) is 41.5 Å². The highest BCUT2D eigenvalue weighted by Gasteiger charge is 2.13. The van der Waals surface area contributed by atoms with Gasteiger partial charge in [-0.3, -0.25) is 0 Å². The Bertz CT molecular complexity index is 940. The van der Waals surface area contributed by atoms with Crippen molar-refractivity contribution in [3.63, 3.8) is 0 Å². The molecule has 0 aliphatic heterocycles. The Hall–Kier alpha value is -2.36. The molecule has 2 N–H and O–H groups in total. The van der Waals surface area contributed by atoms with Crippen molar-refractivity contribution in [2.45, 2.75) is 32.7 Å². The van der Waals surface area contributed by atoms with Crippen LogP contribution < -0.4 is 10.1 Å². The molecule has 0 bridgehead atoms. The van der Waals surface area contributed by atoms with Crippen LogP contribution in [0.4, 0.5) is 5.69 Å². The van der Waals surface area contributed by atoms with Crippen LogP contribution in [0.3, 0.4) is 0 Å². The van der Waals surface area contributed by atoms with Gasteiger partial charge >= 0.3 is 0 Å². The molecule has 3 aromatic carbocycles. The number of anilines is 1. The largest absolute Gasteiger partial charge is 0.505 e. The predicted molar refractivity (Wildman–Crippen MR) is 117 cm³/mol. The molecule has 0 radical (unpaired) electrons. The number of hydrogen-bond acceptors (Lipinski definition) is 3. The molecule has 0 amide bonds. The van der Waals surface area contributed by atoms with Gasteiger partial charge in [0.15, 0.2) is 5.75 Å². The lowest BCUT2D eigenvalue weighted by atomic mass is 9.87. The second-order valence-corrected chi connectivity index (χ2v) is 8.48. The van der Waals surface area contributed by atoms with Gasteiger partial charge in [-0.1, -0.05) is 68.2 Å². The van der Waals surface area contributed by atoms with Crippen molar-refractivity contribution in [1.29, 1.82) is 0 Å². The number of halogens is 2. The summed E-state index contributed by atoms with van der Waals surface area (Å²) in [4.78, 5) is 0. The fourth-order valence-corrected chi connectivity index (χ4v) is 3.24. The van der Waals surface area contributed by atoms with Crippen molar-refractivity contribution in [3.05, 3.63) is 81.8 Å². The van der Waals surface area contributed by atoms with Crippen LogP contribution in [0.25, 0.3) is 0 Å². The molecule has 0 spiro atoms. The number of phenolic OH excluding ortho intramolecular Hbond substituents is 1. The van der Waals surface area contributed by atoms with Crippen LogP contribution in [0.1, 0.15) is 31.9 Å². The quantitative estimate of drug-likeness (QED) is 0.426. The second-order valence-electron chi connectivity index (χ2n) is 7.67. The summed E-state index contributed by atoms with van der Waals surface area (Å²) in [5, 5.41) is 13.3. The number of phenols is 1. The Morgan fingerprint density at radius 1 is 0.893 bits per heavy atom. The van der Waals surface area contributed by atoms with Gasteiger partial charge in [-0.2, -0.15) is 0 Å². The standard InChI is InChI=1S/C23H23Cl2NO2/c1-23(2,3)16-7-9-18(10-8-16)28-19-6-4-5-15(11-19)14-26-17-12-20(24)22(27)21(25)13-17/h4-13,26-27H,14H2,1-3H3. The minimum Gasteiger partial charge on any atom is -0.505 e. The molecule has 3 aromatic rings. The van der Waals surface area contributed by atoms with E-state index in [9.17, 15) is 5.11 Å². The fraction of sp³-hybridized carbons (Fsp3) is 0.217. The Labute approximate surface area is 175 Å². The normalized spacial score (nSPS) is 11.3. The molecule has 0 aliphatic rings. The number of nitrogens with one attached hydrogen (secondary N) is 1. The molecule has 0 aliphatic carbocycles. The van der Waals surface area contributed by atoms with Crippen molar-refractivity contribution >= 4 is 28.9 Å². The van der Waals surface area contributed by atoms with Gasteiger partial charge < -0.3 is 15.2 Å². The summed E-state index contributed by atoms with van der Waals surface area (Å²) >= 11 is 11.9. The summed E-state index contributed by atoms with van der Waals surface area (Å²) in [6.45, 7) is 7.13. The summed E-state index contributed by atoms with van der Waals surface area (Å²) in [7, 11) is 0. The van der Waals surface area contributed by atoms with Gasteiger partial charge in [-0.25, -0.2) is 0 Å². The third kappa shape index (κ3) is 5.12. The predicted octanol–water partition coefficient (Wildman–Crippen LogP) is 7.40. The Morgan fingerprint density at radius 3 is 2.14 bits per heavy atom. The summed E-state index contributed by atoms with van der Waals surface area (Å²) < 4.78 is 5.99. The number of aromatic hydroxyl groups is 1. The molecule has 0 atom stereocenters. The van der Waals surface area contributed by atoms with Crippen molar-refractivity contribution in [2.24, 2.45) is 0 Å². The molecule has 5 heteroatoms.